The van der Waals surface area contributed by atoms with E-state index in [9.17, 15) is 0 Å². The minimum absolute atomic E-state index is 0.622. The molecule has 3 rings (SSSR count). The van der Waals surface area contributed by atoms with E-state index < -0.39 is 0 Å². The van der Waals surface area contributed by atoms with Gasteiger partial charge < -0.3 is 10.3 Å². The summed E-state index contributed by atoms with van der Waals surface area (Å²) >= 11 is 0. The molecule has 16 heavy (non-hydrogen) atoms. The summed E-state index contributed by atoms with van der Waals surface area (Å²) in [6.45, 7) is 0. The first kappa shape index (κ1) is 8.90. The van der Waals surface area contributed by atoms with Gasteiger partial charge in [0.1, 0.15) is 17.2 Å². The van der Waals surface area contributed by atoms with E-state index in [-0.39, 0.29) is 0 Å². The van der Waals surface area contributed by atoms with Gasteiger partial charge in [-0.15, -0.1) is 0 Å². The standard InChI is InChI=1S/C10H10N6/c1-11-8-6-2-4-12-9(6)15-10(14-8)7-3-5-13-16-7/h2-5H,1H3,(H,13,16)(H2,11,12,14,15). The topological polar surface area (TPSA) is 82.3 Å². The molecule has 6 heteroatoms. The van der Waals surface area contributed by atoms with Crippen molar-refractivity contribution in [2.45, 2.75) is 0 Å². The number of aromatic nitrogens is 5. The van der Waals surface area contributed by atoms with Crippen LogP contribution in [0.4, 0.5) is 5.82 Å². The lowest BCUT2D eigenvalue weighted by Gasteiger charge is -2.03. The van der Waals surface area contributed by atoms with Gasteiger partial charge in [0.15, 0.2) is 5.82 Å². The Hall–Kier alpha value is -2.37. The van der Waals surface area contributed by atoms with Gasteiger partial charge in [-0.3, -0.25) is 5.10 Å². The number of hydrogen-bond donors (Lipinski definition) is 3. The molecule has 0 saturated carbocycles. The summed E-state index contributed by atoms with van der Waals surface area (Å²) in [5.74, 6) is 1.42. The molecule has 6 nitrogen and oxygen atoms in total. The lowest BCUT2D eigenvalue weighted by Crippen LogP contribution is -1.98. The monoisotopic (exact) mass is 214 g/mol. The highest BCUT2D eigenvalue weighted by atomic mass is 15.1. The maximum atomic E-state index is 4.42. The molecular weight excluding hydrogens is 204 g/mol. The van der Waals surface area contributed by atoms with Crippen molar-refractivity contribution in [1.82, 2.24) is 25.1 Å². The smallest absolute Gasteiger partial charge is 0.181 e. The third-order valence-electron chi connectivity index (χ3n) is 2.39. The number of H-pyrrole nitrogens is 2. The van der Waals surface area contributed by atoms with Crippen LogP contribution in [0.15, 0.2) is 24.5 Å². The number of rotatable bonds is 2. The Morgan fingerprint density at radius 3 is 2.94 bits per heavy atom. The van der Waals surface area contributed by atoms with Gasteiger partial charge in [-0.05, 0) is 12.1 Å². The van der Waals surface area contributed by atoms with E-state index in [1.807, 2.05) is 25.4 Å². The predicted octanol–water partition coefficient (Wildman–Crippen LogP) is 1.39. The molecule has 0 spiro atoms. The van der Waals surface area contributed by atoms with Crippen LogP contribution in [0, 0.1) is 0 Å². The molecule has 0 aromatic carbocycles. The van der Waals surface area contributed by atoms with E-state index in [1.165, 1.54) is 0 Å². The fourth-order valence-electron chi connectivity index (χ4n) is 1.63. The molecule has 3 N–H and O–H groups in total. The molecule has 0 aliphatic rings. The van der Waals surface area contributed by atoms with E-state index in [1.54, 1.807) is 6.20 Å². The summed E-state index contributed by atoms with van der Waals surface area (Å²) in [5.41, 5.74) is 1.61. The molecule has 0 bridgehead atoms. The number of fused-ring (bicyclic) bond motifs is 1. The molecule has 3 aromatic heterocycles. The van der Waals surface area contributed by atoms with Crippen molar-refractivity contribution < 1.29 is 0 Å². The van der Waals surface area contributed by atoms with Crippen molar-refractivity contribution in [3.8, 4) is 11.5 Å². The van der Waals surface area contributed by atoms with Gasteiger partial charge in [0, 0.05) is 19.4 Å². The largest absolute Gasteiger partial charge is 0.372 e. The van der Waals surface area contributed by atoms with Crippen molar-refractivity contribution in [2.24, 2.45) is 0 Å². The van der Waals surface area contributed by atoms with Crippen LogP contribution in [0.1, 0.15) is 0 Å². The molecule has 3 heterocycles. The number of hydrogen-bond acceptors (Lipinski definition) is 4. The summed E-state index contributed by atoms with van der Waals surface area (Å²) in [6, 6.07) is 3.78. The van der Waals surface area contributed by atoms with Crippen molar-refractivity contribution in [2.75, 3.05) is 12.4 Å². The highest BCUT2D eigenvalue weighted by molar-refractivity contribution is 5.88. The maximum Gasteiger partial charge on any atom is 0.181 e. The van der Waals surface area contributed by atoms with Gasteiger partial charge in [-0.25, -0.2) is 9.97 Å². The average Bonchev–Trinajstić information content (AvgIpc) is 2.97. The van der Waals surface area contributed by atoms with E-state index in [2.05, 4.69) is 30.5 Å². The van der Waals surface area contributed by atoms with Crippen LogP contribution in [0.2, 0.25) is 0 Å². The van der Waals surface area contributed by atoms with E-state index in [4.69, 9.17) is 0 Å². The molecule has 3 aromatic rings. The van der Waals surface area contributed by atoms with Crippen LogP contribution in [-0.2, 0) is 0 Å². The first-order chi connectivity index (χ1) is 7.88. The summed E-state index contributed by atoms with van der Waals surface area (Å²) in [6.07, 6.45) is 3.52. The molecular formula is C10H10N6. The Labute approximate surface area is 91.1 Å². The van der Waals surface area contributed by atoms with Gasteiger partial charge in [-0.1, -0.05) is 0 Å². The van der Waals surface area contributed by atoms with E-state index in [0.29, 0.717) is 5.82 Å². The second kappa shape index (κ2) is 3.34. The zero-order valence-corrected chi connectivity index (χ0v) is 8.65. The Bertz CT molecular complexity index is 609. The summed E-state index contributed by atoms with van der Waals surface area (Å²) < 4.78 is 0. The van der Waals surface area contributed by atoms with Crippen LogP contribution in [-0.4, -0.2) is 32.2 Å². The van der Waals surface area contributed by atoms with Gasteiger partial charge in [0.05, 0.1) is 5.39 Å². The molecule has 0 radical (unpaired) electrons. The van der Waals surface area contributed by atoms with Crippen molar-refractivity contribution >= 4 is 16.9 Å². The molecule has 0 fully saturated rings. The SMILES string of the molecule is CNc1nc(-c2ccn[nH]2)nc2[nH]ccc12. The minimum Gasteiger partial charge on any atom is -0.372 e. The summed E-state index contributed by atoms with van der Waals surface area (Å²) in [4.78, 5) is 11.9. The number of nitrogens with one attached hydrogen (secondary N) is 3. The Morgan fingerprint density at radius 1 is 1.25 bits per heavy atom. The highest BCUT2D eigenvalue weighted by Crippen LogP contribution is 2.22. The minimum atomic E-state index is 0.622. The third-order valence-corrected chi connectivity index (χ3v) is 2.39. The molecule has 0 aliphatic heterocycles. The first-order valence-electron chi connectivity index (χ1n) is 4.91. The van der Waals surface area contributed by atoms with Gasteiger partial charge in [0.2, 0.25) is 0 Å². The van der Waals surface area contributed by atoms with Crippen LogP contribution in [0.3, 0.4) is 0 Å². The quantitative estimate of drug-likeness (QED) is 0.602. The van der Waals surface area contributed by atoms with E-state index >= 15 is 0 Å². The fraction of sp³-hybridized carbons (Fsp3) is 0.100. The van der Waals surface area contributed by atoms with Crippen LogP contribution in [0.5, 0.6) is 0 Å². The van der Waals surface area contributed by atoms with Crippen LogP contribution >= 0.6 is 0 Å². The Balaban J connectivity index is 2.27. The zero-order valence-electron chi connectivity index (χ0n) is 8.65. The highest BCUT2D eigenvalue weighted by Gasteiger charge is 2.09. The number of anilines is 1. The Morgan fingerprint density at radius 2 is 2.19 bits per heavy atom. The third kappa shape index (κ3) is 1.23. The second-order valence-corrected chi connectivity index (χ2v) is 3.36. The lowest BCUT2D eigenvalue weighted by atomic mass is 10.3. The predicted molar refractivity (Wildman–Crippen MR) is 61.0 cm³/mol. The average molecular weight is 214 g/mol. The van der Waals surface area contributed by atoms with Crippen molar-refractivity contribution in [1.29, 1.82) is 0 Å². The molecule has 0 saturated heterocycles. The summed E-state index contributed by atoms with van der Waals surface area (Å²) in [7, 11) is 1.84. The van der Waals surface area contributed by atoms with Gasteiger partial charge in [0.25, 0.3) is 0 Å². The number of aromatic amines is 2. The lowest BCUT2D eigenvalue weighted by molar-refractivity contribution is 1.07. The zero-order chi connectivity index (χ0) is 11.0. The van der Waals surface area contributed by atoms with Gasteiger partial charge >= 0.3 is 0 Å². The number of nitrogens with zero attached hydrogens (tertiary/aromatic N) is 3. The molecule has 0 aliphatic carbocycles. The fourth-order valence-corrected chi connectivity index (χ4v) is 1.63. The second-order valence-electron chi connectivity index (χ2n) is 3.36. The van der Waals surface area contributed by atoms with Gasteiger partial charge in [-0.2, -0.15) is 5.10 Å². The molecule has 0 unspecified atom stereocenters. The first-order valence-corrected chi connectivity index (χ1v) is 4.91. The molecule has 80 valence electrons. The van der Waals surface area contributed by atoms with Crippen molar-refractivity contribution in [3.05, 3.63) is 24.5 Å². The Kier molecular flexibility index (Phi) is 1.86. The van der Waals surface area contributed by atoms with Crippen LogP contribution < -0.4 is 5.32 Å². The molecule has 0 amide bonds. The maximum absolute atomic E-state index is 4.42. The summed E-state index contributed by atoms with van der Waals surface area (Å²) in [5, 5.41) is 10.8. The van der Waals surface area contributed by atoms with Crippen LogP contribution in [0.25, 0.3) is 22.6 Å². The van der Waals surface area contributed by atoms with Crippen molar-refractivity contribution in [3.63, 3.8) is 0 Å². The normalized spacial score (nSPS) is 10.8. The van der Waals surface area contributed by atoms with E-state index in [0.717, 1.165) is 22.5 Å². The molecule has 0 atom stereocenters.